The molecule has 0 radical (unpaired) electrons. The zero-order valence-corrected chi connectivity index (χ0v) is 9.90. The molecular weight excluding hydrogens is 268 g/mol. The van der Waals surface area contributed by atoms with Crippen LogP contribution in [0.4, 0.5) is 5.69 Å². The fraction of sp³-hybridized carbons (Fsp3) is 0.125. The van der Waals surface area contributed by atoms with Crippen LogP contribution in [-0.4, -0.2) is 23.7 Å². The third-order valence-corrected chi connectivity index (χ3v) is 4.44. The van der Waals surface area contributed by atoms with Gasteiger partial charge in [-0.3, -0.25) is 10.1 Å². The molecule has 0 fully saturated rings. The van der Waals surface area contributed by atoms with Gasteiger partial charge in [-0.05, 0) is 23.9 Å². The SMILES string of the molecule is O=[N+]([O-])c1ccc(OC2=NS(=O)(=O)CS2)cc1. The van der Waals surface area contributed by atoms with Gasteiger partial charge in [0.05, 0.1) is 4.92 Å². The molecule has 17 heavy (non-hydrogen) atoms. The van der Waals surface area contributed by atoms with E-state index in [-0.39, 0.29) is 16.0 Å². The van der Waals surface area contributed by atoms with Crippen molar-refractivity contribution in [2.75, 3.05) is 5.08 Å². The van der Waals surface area contributed by atoms with Crippen LogP contribution in [-0.2, 0) is 10.0 Å². The lowest BCUT2D eigenvalue weighted by Gasteiger charge is -2.01. The molecule has 7 nitrogen and oxygen atoms in total. The van der Waals surface area contributed by atoms with Crippen LogP contribution in [0.15, 0.2) is 28.7 Å². The Hall–Kier alpha value is -1.61. The minimum Gasteiger partial charge on any atom is -0.433 e. The van der Waals surface area contributed by atoms with Crippen molar-refractivity contribution in [1.29, 1.82) is 0 Å². The summed E-state index contributed by atoms with van der Waals surface area (Å²) in [6.45, 7) is 0. The second-order valence-electron chi connectivity index (χ2n) is 3.05. The van der Waals surface area contributed by atoms with Gasteiger partial charge in [0.2, 0.25) is 0 Å². The molecule has 0 aliphatic carbocycles. The zero-order chi connectivity index (χ0) is 12.5. The molecule has 2 rings (SSSR count). The van der Waals surface area contributed by atoms with E-state index in [0.717, 1.165) is 11.8 Å². The lowest BCUT2D eigenvalue weighted by atomic mass is 10.3. The van der Waals surface area contributed by atoms with E-state index in [2.05, 4.69) is 4.40 Å². The van der Waals surface area contributed by atoms with Gasteiger partial charge in [0, 0.05) is 12.1 Å². The predicted octanol–water partition coefficient (Wildman–Crippen LogP) is 1.36. The van der Waals surface area contributed by atoms with Crippen molar-refractivity contribution < 1.29 is 18.1 Å². The van der Waals surface area contributed by atoms with Gasteiger partial charge in [0.1, 0.15) is 10.8 Å². The Balaban J connectivity index is 2.13. The van der Waals surface area contributed by atoms with Crippen molar-refractivity contribution in [2.24, 2.45) is 4.40 Å². The highest BCUT2D eigenvalue weighted by molar-refractivity contribution is 8.24. The van der Waals surface area contributed by atoms with Gasteiger partial charge < -0.3 is 4.74 Å². The number of nitro benzene ring substituents is 1. The molecule has 90 valence electrons. The van der Waals surface area contributed by atoms with Gasteiger partial charge in [-0.2, -0.15) is 0 Å². The van der Waals surface area contributed by atoms with Gasteiger partial charge >= 0.3 is 0 Å². The summed E-state index contributed by atoms with van der Waals surface area (Å²) in [5.74, 6) is 0.305. The molecule has 1 aromatic carbocycles. The molecule has 0 amide bonds. The van der Waals surface area contributed by atoms with E-state index in [9.17, 15) is 18.5 Å². The largest absolute Gasteiger partial charge is 0.433 e. The standard InChI is InChI=1S/C8H6N2O5S2/c11-10(12)6-1-3-7(4-2-6)15-8-9-17(13,14)5-16-8/h1-4H,5H2. The fourth-order valence-electron chi connectivity index (χ4n) is 1.08. The predicted molar refractivity (Wildman–Crippen MR) is 62.5 cm³/mol. The summed E-state index contributed by atoms with van der Waals surface area (Å²) in [6, 6.07) is 5.30. The first kappa shape index (κ1) is 11.9. The van der Waals surface area contributed by atoms with Crippen LogP contribution in [0.5, 0.6) is 5.75 Å². The Morgan fingerprint density at radius 2 is 2.00 bits per heavy atom. The van der Waals surface area contributed by atoms with Crippen LogP contribution in [0.2, 0.25) is 0 Å². The first-order valence-electron chi connectivity index (χ1n) is 4.34. The second kappa shape index (κ2) is 4.34. The van der Waals surface area contributed by atoms with Crippen LogP contribution >= 0.6 is 11.8 Å². The number of nitro groups is 1. The normalized spacial score (nSPS) is 17.5. The number of hydrogen-bond acceptors (Lipinski definition) is 6. The molecule has 0 atom stereocenters. The lowest BCUT2D eigenvalue weighted by Crippen LogP contribution is -2.00. The first-order valence-corrected chi connectivity index (χ1v) is 6.93. The molecule has 1 aromatic rings. The average Bonchev–Trinajstić information content (AvgIpc) is 2.59. The van der Waals surface area contributed by atoms with E-state index >= 15 is 0 Å². The van der Waals surface area contributed by atoms with Gasteiger partial charge in [-0.25, -0.2) is 8.42 Å². The highest BCUT2D eigenvalue weighted by Gasteiger charge is 2.23. The number of non-ortho nitro benzene ring substituents is 1. The number of thioether (sulfide) groups is 1. The topological polar surface area (TPSA) is 98.9 Å². The highest BCUT2D eigenvalue weighted by Crippen LogP contribution is 2.24. The van der Waals surface area contributed by atoms with E-state index < -0.39 is 14.9 Å². The minimum atomic E-state index is -3.42. The maximum absolute atomic E-state index is 11.0. The monoisotopic (exact) mass is 274 g/mol. The van der Waals surface area contributed by atoms with E-state index in [0.29, 0.717) is 5.75 Å². The zero-order valence-electron chi connectivity index (χ0n) is 8.27. The van der Waals surface area contributed by atoms with Crippen LogP contribution in [0.3, 0.4) is 0 Å². The van der Waals surface area contributed by atoms with Crippen molar-refractivity contribution in [1.82, 2.24) is 0 Å². The van der Waals surface area contributed by atoms with Gasteiger partial charge in [0.15, 0.2) is 0 Å². The van der Waals surface area contributed by atoms with Crippen LogP contribution in [0.25, 0.3) is 0 Å². The van der Waals surface area contributed by atoms with Gasteiger partial charge in [-0.15, -0.1) is 4.40 Å². The summed E-state index contributed by atoms with van der Waals surface area (Å²) in [5, 5.41) is 10.3. The van der Waals surface area contributed by atoms with Crippen LogP contribution in [0, 0.1) is 10.1 Å². The van der Waals surface area contributed by atoms with Crippen molar-refractivity contribution in [2.45, 2.75) is 0 Å². The quantitative estimate of drug-likeness (QED) is 0.596. The lowest BCUT2D eigenvalue weighted by molar-refractivity contribution is -0.384. The number of nitrogens with zero attached hydrogens (tertiary/aromatic N) is 2. The maximum Gasteiger partial charge on any atom is 0.269 e. The number of sulfonamides is 1. The number of ether oxygens (including phenoxy) is 1. The number of hydrogen-bond donors (Lipinski definition) is 0. The summed E-state index contributed by atoms with van der Waals surface area (Å²) in [5.41, 5.74) is -0.0639. The summed E-state index contributed by atoms with van der Waals surface area (Å²) in [7, 11) is -3.42. The molecule has 0 unspecified atom stereocenters. The van der Waals surface area contributed by atoms with Crippen molar-refractivity contribution >= 4 is 32.7 Å². The third-order valence-electron chi connectivity index (χ3n) is 1.80. The van der Waals surface area contributed by atoms with E-state index in [1.54, 1.807) is 0 Å². The van der Waals surface area contributed by atoms with E-state index in [4.69, 9.17) is 4.74 Å². The maximum atomic E-state index is 11.0. The molecule has 0 saturated carbocycles. The molecule has 1 aliphatic rings. The van der Waals surface area contributed by atoms with Crippen molar-refractivity contribution in [3.63, 3.8) is 0 Å². The molecule has 0 spiro atoms. The third kappa shape index (κ3) is 2.94. The first-order chi connectivity index (χ1) is 7.96. The van der Waals surface area contributed by atoms with Crippen molar-refractivity contribution in [3.8, 4) is 5.75 Å². The molecule has 0 N–H and O–H groups in total. The summed E-state index contributed by atoms with van der Waals surface area (Å²) in [6.07, 6.45) is 0. The summed E-state index contributed by atoms with van der Waals surface area (Å²) >= 11 is 0.961. The van der Waals surface area contributed by atoms with Crippen LogP contribution in [0.1, 0.15) is 0 Å². The van der Waals surface area contributed by atoms with Crippen LogP contribution < -0.4 is 4.74 Å². The Bertz CT molecular complexity index is 578. The Morgan fingerprint density at radius 1 is 1.35 bits per heavy atom. The van der Waals surface area contributed by atoms with Crippen molar-refractivity contribution in [3.05, 3.63) is 34.4 Å². The fourth-order valence-corrected chi connectivity index (χ4v) is 3.26. The molecule has 0 bridgehead atoms. The number of rotatable bonds is 2. The Kier molecular flexibility index (Phi) is 3.03. The Labute approximate surface area is 101 Å². The molecular formula is C8H6N2O5S2. The highest BCUT2D eigenvalue weighted by atomic mass is 32.3. The average molecular weight is 274 g/mol. The summed E-state index contributed by atoms with van der Waals surface area (Å²) < 4.78 is 30.5. The smallest absolute Gasteiger partial charge is 0.269 e. The Morgan fingerprint density at radius 3 is 2.47 bits per heavy atom. The number of benzene rings is 1. The minimum absolute atomic E-state index is 0.0267. The molecule has 0 saturated heterocycles. The van der Waals surface area contributed by atoms with E-state index in [1.807, 2.05) is 0 Å². The molecule has 0 aromatic heterocycles. The van der Waals surface area contributed by atoms with Gasteiger partial charge in [-0.1, -0.05) is 0 Å². The molecule has 9 heteroatoms. The molecule has 1 aliphatic heterocycles. The summed E-state index contributed by atoms with van der Waals surface area (Å²) in [4.78, 5) is 9.87. The van der Waals surface area contributed by atoms with Gasteiger partial charge in [0.25, 0.3) is 20.9 Å². The molecule has 1 heterocycles. The second-order valence-corrected chi connectivity index (χ2v) is 5.98. The van der Waals surface area contributed by atoms with E-state index in [1.165, 1.54) is 24.3 Å².